The fraction of sp³-hybridized carbons (Fsp3) is 0.447. The molecule has 0 spiro atoms. The van der Waals surface area contributed by atoms with E-state index in [1.54, 1.807) is 0 Å². The zero-order chi connectivity index (χ0) is 61.8. The third kappa shape index (κ3) is 13.0. The summed E-state index contributed by atoms with van der Waals surface area (Å²) < 4.78 is 7.00. The molecule has 0 saturated heterocycles. The molecular formula is C76H90N6O6. The fourth-order valence-corrected chi connectivity index (χ4v) is 14.0. The molecule has 3 aromatic heterocycles. The van der Waals surface area contributed by atoms with Crippen molar-refractivity contribution in [3.8, 4) is 0 Å². The summed E-state index contributed by atoms with van der Waals surface area (Å²) in [6.45, 7) is 25.9. The molecule has 12 heteroatoms. The van der Waals surface area contributed by atoms with Crippen molar-refractivity contribution in [1.29, 1.82) is 0 Å². The van der Waals surface area contributed by atoms with Gasteiger partial charge in [-0.2, -0.15) is 0 Å². The van der Waals surface area contributed by atoms with Gasteiger partial charge in [-0.05, 0) is 199 Å². The summed E-state index contributed by atoms with van der Waals surface area (Å²) in [5, 5.41) is 5.97. The Kier molecular flexibility index (Phi) is 19.5. The molecule has 0 aliphatic heterocycles. The number of aromatic nitrogens is 3. The van der Waals surface area contributed by atoms with Crippen LogP contribution in [0.1, 0.15) is 188 Å². The van der Waals surface area contributed by atoms with Gasteiger partial charge in [0.15, 0.2) is 34.7 Å². The molecule has 9 aromatic rings. The molecular weight excluding hydrogens is 1090 g/mol. The molecule has 460 valence electrons. The minimum absolute atomic E-state index is 0.0637. The van der Waals surface area contributed by atoms with E-state index in [0.717, 1.165) is 182 Å². The maximum Gasteiger partial charge on any atom is 0.166 e. The molecule has 2 aliphatic rings. The fourth-order valence-electron chi connectivity index (χ4n) is 14.0. The summed E-state index contributed by atoms with van der Waals surface area (Å²) >= 11 is 0. The summed E-state index contributed by atoms with van der Waals surface area (Å²) in [5.74, 6) is 1.01. The Bertz CT molecular complexity index is 4110. The number of Topliss-reactive ketones (excluding diaryl/α,β-unsaturated/α-hetero) is 6. The highest BCUT2D eigenvalue weighted by Gasteiger charge is 2.42. The predicted octanol–water partition coefficient (Wildman–Crippen LogP) is 16.1. The van der Waals surface area contributed by atoms with Crippen LogP contribution in [0, 0.1) is 17.8 Å². The third-order valence-electron chi connectivity index (χ3n) is 19.9. The number of carbonyl (C=O) groups excluding carboxylic acids is 6. The van der Waals surface area contributed by atoms with Crippen molar-refractivity contribution in [2.24, 2.45) is 17.8 Å². The summed E-state index contributed by atoms with van der Waals surface area (Å²) in [5.41, 5.74) is 10.5. The molecule has 0 N–H and O–H groups in total. The maximum absolute atomic E-state index is 14.2. The van der Waals surface area contributed by atoms with Gasteiger partial charge in [0.1, 0.15) is 0 Å². The number of rotatable bonds is 34. The number of nitrogens with zero attached hydrogens (tertiary/aromatic N) is 6. The number of carbonyl (C=O) groups is 6. The smallest absolute Gasteiger partial charge is 0.166 e. The molecule has 0 amide bonds. The molecule has 2 unspecified atom stereocenters. The van der Waals surface area contributed by atoms with Crippen molar-refractivity contribution >= 4 is 100 Å². The van der Waals surface area contributed by atoms with Crippen LogP contribution in [0.15, 0.2) is 109 Å². The van der Waals surface area contributed by atoms with Gasteiger partial charge in [0, 0.05) is 176 Å². The first-order valence-electron chi connectivity index (χ1n) is 33.4. The van der Waals surface area contributed by atoms with Crippen LogP contribution >= 0.6 is 0 Å². The van der Waals surface area contributed by atoms with E-state index in [1.807, 2.05) is 67.6 Å². The number of fused-ring (bicyclic) bond motifs is 9. The van der Waals surface area contributed by atoms with E-state index < -0.39 is 0 Å². The predicted molar refractivity (Wildman–Crippen MR) is 359 cm³/mol. The van der Waals surface area contributed by atoms with Crippen molar-refractivity contribution in [2.75, 3.05) is 58.9 Å². The second kappa shape index (κ2) is 27.6. The van der Waals surface area contributed by atoms with Crippen LogP contribution in [0.5, 0.6) is 0 Å². The lowest BCUT2D eigenvalue weighted by atomic mass is 9.98. The summed E-state index contributed by atoms with van der Waals surface area (Å²) in [4.78, 5) is 89.4. The first kappa shape index (κ1) is 62.2. The van der Waals surface area contributed by atoms with E-state index in [2.05, 4.69) is 118 Å². The van der Waals surface area contributed by atoms with E-state index >= 15 is 0 Å². The number of hydrogen-bond acceptors (Lipinski definition) is 9. The molecule has 6 aromatic carbocycles. The Morgan fingerprint density at radius 1 is 0.375 bits per heavy atom. The van der Waals surface area contributed by atoms with E-state index in [0.29, 0.717) is 72.8 Å². The molecule has 2 fully saturated rings. The van der Waals surface area contributed by atoms with Crippen LogP contribution in [0.3, 0.4) is 0 Å². The number of hydrogen-bond donors (Lipinski definition) is 0. The van der Waals surface area contributed by atoms with Gasteiger partial charge in [-0.3, -0.25) is 28.8 Å². The van der Waals surface area contributed by atoms with Crippen LogP contribution in [0.25, 0.3) is 65.4 Å². The maximum atomic E-state index is 14.2. The molecule has 0 radical (unpaired) electrons. The lowest BCUT2D eigenvalue weighted by molar-refractivity contribution is 0.0953. The van der Waals surface area contributed by atoms with E-state index in [9.17, 15) is 28.8 Å². The number of likely N-dealkylation sites (N-methyl/N-ethyl adjacent to an activating group) is 3. The molecule has 0 bridgehead atoms. The highest BCUT2D eigenvalue weighted by molar-refractivity contribution is 6.16. The molecule has 2 aliphatic carbocycles. The Balaban J connectivity index is 0.730. The quantitative estimate of drug-likeness (QED) is 0.0286. The first-order chi connectivity index (χ1) is 42.8. The van der Waals surface area contributed by atoms with Crippen LogP contribution in [0.2, 0.25) is 0 Å². The number of unbranched alkanes of at least 4 members (excludes halogenated alkanes) is 2. The Morgan fingerprint density at radius 2 is 0.682 bits per heavy atom. The largest absolute Gasteiger partial charge is 0.339 e. The monoisotopic (exact) mass is 1180 g/mol. The van der Waals surface area contributed by atoms with Crippen LogP contribution in [-0.2, 0) is 19.6 Å². The van der Waals surface area contributed by atoms with E-state index in [-0.39, 0.29) is 52.5 Å². The topological polar surface area (TPSA) is 127 Å². The minimum Gasteiger partial charge on any atom is -0.339 e. The zero-order valence-corrected chi connectivity index (χ0v) is 53.2. The summed E-state index contributed by atoms with van der Waals surface area (Å²) in [6, 6.07) is 36.4. The number of ketones is 6. The van der Waals surface area contributed by atoms with Gasteiger partial charge in [-0.1, -0.05) is 54.9 Å². The van der Waals surface area contributed by atoms with Crippen molar-refractivity contribution < 1.29 is 28.8 Å². The van der Waals surface area contributed by atoms with Gasteiger partial charge in [0.05, 0.1) is 0 Å². The molecule has 2 saturated carbocycles. The van der Waals surface area contributed by atoms with E-state index in [4.69, 9.17) is 0 Å². The molecule has 3 heterocycles. The summed E-state index contributed by atoms with van der Waals surface area (Å²) in [6.07, 6.45) is 7.92. The van der Waals surface area contributed by atoms with Gasteiger partial charge in [0.2, 0.25) is 0 Å². The molecule has 88 heavy (non-hydrogen) atoms. The lowest BCUT2D eigenvalue weighted by Crippen LogP contribution is -2.26. The van der Waals surface area contributed by atoms with Crippen molar-refractivity contribution in [1.82, 2.24) is 28.4 Å². The van der Waals surface area contributed by atoms with Gasteiger partial charge < -0.3 is 28.4 Å². The Hall–Kier alpha value is -7.38. The highest BCUT2D eigenvalue weighted by atomic mass is 16.1. The van der Waals surface area contributed by atoms with Gasteiger partial charge >= 0.3 is 0 Å². The molecule has 2 atom stereocenters. The molecule has 11 rings (SSSR count). The van der Waals surface area contributed by atoms with Gasteiger partial charge in [-0.15, -0.1) is 0 Å². The zero-order valence-electron chi connectivity index (χ0n) is 53.2. The normalized spacial score (nSPS) is 15.2. The second-order valence-electron chi connectivity index (χ2n) is 25.0. The average Bonchev–Trinajstić information content (AvgIpc) is 2.36. The van der Waals surface area contributed by atoms with Gasteiger partial charge in [0.25, 0.3) is 0 Å². The van der Waals surface area contributed by atoms with Gasteiger partial charge in [-0.25, -0.2) is 0 Å². The summed E-state index contributed by atoms with van der Waals surface area (Å²) in [7, 11) is 0. The average molecular weight is 1180 g/mol. The van der Waals surface area contributed by atoms with Crippen molar-refractivity contribution in [2.45, 2.75) is 145 Å². The lowest BCUT2D eigenvalue weighted by Gasteiger charge is -2.19. The molecule has 12 nitrogen and oxygen atoms in total. The van der Waals surface area contributed by atoms with Crippen LogP contribution in [-0.4, -0.2) is 122 Å². The van der Waals surface area contributed by atoms with Crippen LogP contribution in [0.4, 0.5) is 0 Å². The standard InChI is InChI=1S/C76H90N6O6/c1-8-71(83)52-25-31-65-59(44-52)60-45-53(26-32-66(60)80(65)40-37-77(9-2)10-3)72(84)20-16-15-17-21-73(85)54-27-33-67-61(46-54)62-47-55(28-34-68(62)81(67)41-38-78(11-4)12-5)74(86)22-18-19-51-43-58(51)76(88)57-30-36-70-64(49-57)63-48-56(75(87)50-23-24-50)29-35-69(63)82(70)42-39-79(13-6)14-7/h25-36,44-51,58H,8-24,37-43H2,1-7H3. The van der Waals surface area contributed by atoms with Crippen molar-refractivity contribution in [3.05, 3.63) is 143 Å². The third-order valence-corrected chi connectivity index (χ3v) is 19.9. The first-order valence-corrected chi connectivity index (χ1v) is 33.4. The highest BCUT2D eigenvalue weighted by Crippen LogP contribution is 2.45. The second-order valence-corrected chi connectivity index (χ2v) is 25.0. The van der Waals surface area contributed by atoms with Crippen molar-refractivity contribution in [3.63, 3.8) is 0 Å². The van der Waals surface area contributed by atoms with Crippen LogP contribution < -0.4 is 0 Å². The minimum atomic E-state index is -0.0637. The van der Waals surface area contributed by atoms with E-state index in [1.165, 1.54) is 0 Å². The Labute approximate surface area is 519 Å². The Morgan fingerprint density at radius 3 is 1.01 bits per heavy atom. The number of benzene rings is 6. The SMILES string of the molecule is CCC(=O)c1ccc2c(c1)c1cc(C(=O)CCCCCC(=O)c3ccc4c(c3)c3cc(C(=O)CCCC5CC5C(=O)c5ccc6c(c5)c5cc(C(=O)C7CC7)ccc5n6CCN(CC)CC)ccc3n4CCN(CC)CC)ccc1n2CCN(CC)CC.